The van der Waals surface area contributed by atoms with Gasteiger partial charge in [0.1, 0.15) is 0 Å². The van der Waals surface area contributed by atoms with Gasteiger partial charge in [-0.3, -0.25) is 4.79 Å². The Bertz CT molecular complexity index is 591. The van der Waals surface area contributed by atoms with Gasteiger partial charge in [-0.1, -0.05) is 42.5 Å². The van der Waals surface area contributed by atoms with Crippen LogP contribution < -0.4 is 5.32 Å². The molecule has 4 heteroatoms. The molecule has 0 aromatic heterocycles. The Balaban J connectivity index is 2.03. The predicted octanol–water partition coefficient (Wildman–Crippen LogP) is 3.51. The largest absolute Gasteiger partial charge is 0.387 e. The minimum Gasteiger partial charge on any atom is -0.387 e. The molecular weight excluding hydrogens is 312 g/mol. The summed E-state index contributed by atoms with van der Waals surface area (Å²) >= 11 is 0. The second-order valence-electron chi connectivity index (χ2n) is 6.73. The zero-order valence-electron chi connectivity index (χ0n) is 14.6. The number of aliphatic hydroxyl groups excluding tert-OH is 1. The molecule has 1 fully saturated rings. The van der Waals surface area contributed by atoms with E-state index in [1.165, 1.54) is 6.21 Å². The summed E-state index contributed by atoms with van der Waals surface area (Å²) in [5, 5.41) is 20.7. The van der Waals surface area contributed by atoms with Crippen molar-refractivity contribution < 1.29 is 9.90 Å². The predicted molar refractivity (Wildman–Crippen MR) is 101 cm³/mol. The normalized spacial score (nSPS) is 24.3. The quantitative estimate of drug-likeness (QED) is 0.500. The molecule has 0 heterocycles. The van der Waals surface area contributed by atoms with Gasteiger partial charge < -0.3 is 15.8 Å². The molecule has 134 valence electrons. The lowest BCUT2D eigenvalue weighted by Gasteiger charge is -2.36. The standard InChI is InChI=1S/C21H28N2O2/c1-3-16(4-2)18-11-10-15(13-22)12-19(18)21(25)23-14-20(24)17-8-6-5-7-9-17/h3-9,13,15-16,18-20,22,24H,1-2,10-12,14H2,(H,23,25)/t15-,18+,19-,20?/m1/s1. The van der Waals surface area contributed by atoms with Crippen LogP contribution >= 0.6 is 0 Å². The summed E-state index contributed by atoms with van der Waals surface area (Å²) in [6.07, 6.45) is 6.89. The second-order valence-corrected chi connectivity index (χ2v) is 6.73. The summed E-state index contributed by atoms with van der Waals surface area (Å²) in [6.45, 7) is 7.92. The van der Waals surface area contributed by atoms with Gasteiger partial charge in [0.2, 0.25) is 5.91 Å². The third-order valence-electron chi connectivity index (χ3n) is 5.21. The molecular formula is C21H28N2O2. The van der Waals surface area contributed by atoms with Gasteiger partial charge >= 0.3 is 0 Å². The van der Waals surface area contributed by atoms with E-state index in [2.05, 4.69) is 18.5 Å². The van der Waals surface area contributed by atoms with Crippen LogP contribution in [0, 0.1) is 29.1 Å². The Morgan fingerprint density at radius 3 is 2.56 bits per heavy atom. The summed E-state index contributed by atoms with van der Waals surface area (Å²) < 4.78 is 0. The van der Waals surface area contributed by atoms with Crippen molar-refractivity contribution in [1.82, 2.24) is 5.32 Å². The van der Waals surface area contributed by atoms with Gasteiger partial charge in [-0.05, 0) is 48.8 Å². The van der Waals surface area contributed by atoms with Crippen molar-refractivity contribution in [2.24, 2.45) is 23.7 Å². The maximum absolute atomic E-state index is 12.8. The van der Waals surface area contributed by atoms with E-state index in [1.54, 1.807) is 0 Å². The highest BCUT2D eigenvalue weighted by Gasteiger charge is 2.37. The number of benzene rings is 1. The Hall–Kier alpha value is -2.20. The fourth-order valence-corrected chi connectivity index (χ4v) is 3.71. The first-order valence-electron chi connectivity index (χ1n) is 8.87. The van der Waals surface area contributed by atoms with Gasteiger partial charge in [-0.25, -0.2) is 0 Å². The third-order valence-corrected chi connectivity index (χ3v) is 5.21. The lowest BCUT2D eigenvalue weighted by atomic mass is 9.68. The van der Waals surface area contributed by atoms with Crippen LogP contribution in [-0.4, -0.2) is 23.8 Å². The molecule has 0 bridgehead atoms. The van der Waals surface area contributed by atoms with Crippen molar-refractivity contribution in [3.63, 3.8) is 0 Å². The van der Waals surface area contributed by atoms with Gasteiger partial charge in [0.15, 0.2) is 0 Å². The molecule has 25 heavy (non-hydrogen) atoms. The van der Waals surface area contributed by atoms with Crippen molar-refractivity contribution in [2.75, 3.05) is 6.54 Å². The number of amides is 1. The molecule has 1 aromatic rings. The van der Waals surface area contributed by atoms with Gasteiger partial charge in [0.25, 0.3) is 0 Å². The smallest absolute Gasteiger partial charge is 0.223 e. The highest BCUT2D eigenvalue weighted by molar-refractivity contribution is 5.80. The van der Waals surface area contributed by atoms with E-state index < -0.39 is 6.10 Å². The van der Waals surface area contributed by atoms with Crippen LogP contribution in [0.1, 0.15) is 30.9 Å². The van der Waals surface area contributed by atoms with Crippen molar-refractivity contribution in [3.8, 4) is 0 Å². The minimum atomic E-state index is -0.722. The number of hydrogen-bond acceptors (Lipinski definition) is 3. The summed E-state index contributed by atoms with van der Waals surface area (Å²) in [7, 11) is 0. The number of allylic oxidation sites excluding steroid dienone is 2. The number of carbonyl (C=O) groups is 1. The first kappa shape index (κ1) is 19.1. The van der Waals surface area contributed by atoms with Crippen LogP contribution in [0.15, 0.2) is 55.6 Å². The Labute approximate surface area is 150 Å². The molecule has 0 saturated heterocycles. The van der Waals surface area contributed by atoms with Crippen LogP contribution in [0.25, 0.3) is 0 Å². The van der Waals surface area contributed by atoms with Crippen molar-refractivity contribution in [3.05, 3.63) is 61.2 Å². The molecule has 0 aliphatic heterocycles. The van der Waals surface area contributed by atoms with E-state index in [0.717, 1.165) is 18.4 Å². The van der Waals surface area contributed by atoms with Crippen molar-refractivity contribution >= 4 is 12.1 Å². The zero-order chi connectivity index (χ0) is 18.2. The number of hydrogen-bond donors (Lipinski definition) is 3. The molecule has 3 N–H and O–H groups in total. The number of carbonyl (C=O) groups excluding carboxylic acids is 1. The van der Waals surface area contributed by atoms with E-state index in [-0.39, 0.29) is 36.1 Å². The van der Waals surface area contributed by atoms with E-state index in [4.69, 9.17) is 5.41 Å². The molecule has 0 spiro atoms. The molecule has 2 rings (SSSR count). The number of nitrogens with one attached hydrogen (secondary N) is 2. The third kappa shape index (κ3) is 4.89. The Morgan fingerprint density at radius 2 is 1.96 bits per heavy atom. The summed E-state index contributed by atoms with van der Waals surface area (Å²) in [5.41, 5.74) is 0.787. The van der Waals surface area contributed by atoms with Crippen LogP contribution in [0.4, 0.5) is 0 Å². The lowest BCUT2D eigenvalue weighted by Crippen LogP contribution is -2.42. The van der Waals surface area contributed by atoms with E-state index >= 15 is 0 Å². The molecule has 4 nitrogen and oxygen atoms in total. The minimum absolute atomic E-state index is 0.0553. The highest BCUT2D eigenvalue weighted by Crippen LogP contribution is 2.38. The van der Waals surface area contributed by atoms with Crippen molar-refractivity contribution in [1.29, 1.82) is 5.41 Å². The highest BCUT2D eigenvalue weighted by atomic mass is 16.3. The van der Waals surface area contributed by atoms with Gasteiger partial charge in [-0.15, -0.1) is 13.2 Å². The first-order chi connectivity index (χ1) is 12.1. The molecule has 1 aliphatic rings. The zero-order valence-corrected chi connectivity index (χ0v) is 14.6. The fourth-order valence-electron chi connectivity index (χ4n) is 3.71. The van der Waals surface area contributed by atoms with E-state index in [9.17, 15) is 9.90 Å². The molecule has 4 atom stereocenters. The number of aliphatic hydroxyl groups is 1. The molecule has 1 saturated carbocycles. The topological polar surface area (TPSA) is 73.2 Å². The maximum atomic E-state index is 12.8. The summed E-state index contributed by atoms with van der Waals surface area (Å²) in [6, 6.07) is 9.31. The van der Waals surface area contributed by atoms with Crippen LogP contribution in [0.2, 0.25) is 0 Å². The summed E-state index contributed by atoms with van der Waals surface area (Å²) in [5.74, 6) is 0.132. The average molecular weight is 340 g/mol. The fraction of sp³-hybridized carbons (Fsp3) is 0.429. The van der Waals surface area contributed by atoms with Crippen LogP contribution in [0.5, 0.6) is 0 Å². The Kier molecular flexibility index (Phi) is 7.14. The first-order valence-corrected chi connectivity index (χ1v) is 8.87. The molecule has 1 unspecified atom stereocenters. The van der Waals surface area contributed by atoms with Gasteiger partial charge in [0, 0.05) is 12.5 Å². The Morgan fingerprint density at radius 1 is 1.28 bits per heavy atom. The maximum Gasteiger partial charge on any atom is 0.223 e. The summed E-state index contributed by atoms with van der Waals surface area (Å²) in [4.78, 5) is 12.8. The van der Waals surface area contributed by atoms with Crippen LogP contribution in [-0.2, 0) is 4.79 Å². The molecule has 1 aliphatic carbocycles. The monoisotopic (exact) mass is 340 g/mol. The van der Waals surface area contributed by atoms with Gasteiger partial charge in [0.05, 0.1) is 6.10 Å². The van der Waals surface area contributed by atoms with Crippen LogP contribution in [0.3, 0.4) is 0 Å². The SMILES string of the molecule is C=CC(C=C)[C@@H]1CC[C@@H](C=N)C[C@H]1C(=O)NCC(O)c1ccccc1. The molecule has 1 amide bonds. The molecule has 0 radical (unpaired) electrons. The lowest BCUT2D eigenvalue weighted by molar-refractivity contribution is -0.129. The van der Waals surface area contributed by atoms with E-state index in [0.29, 0.717) is 6.42 Å². The van der Waals surface area contributed by atoms with E-state index in [1.807, 2.05) is 42.5 Å². The van der Waals surface area contributed by atoms with Gasteiger partial charge in [-0.2, -0.15) is 0 Å². The number of rotatable bonds is 8. The molecule has 1 aromatic carbocycles. The second kappa shape index (κ2) is 9.33. The van der Waals surface area contributed by atoms with Crippen molar-refractivity contribution in [2.45, 2.75) is 25.4 Å². The average Bonchev–Trinajstić information content (AvgIpc) is 2.67.